The zero-order valence-corrected chi connectivity index (χ0v) is 23.9. The lowest BCUT2D eigenvalue weighted by atomic mass is 9.76. The average Bonchev–Trinajstić information content (AvgIpc) is 3.56. The van der Waals surface area contributed by atoms with E-state index in [9.17, 15) is 28.8 Å². The second kappa shape index (κ2) is 11.9. The summed E-state index contributed by atoms with van der Waals surface area (Å²) in [5.74, 6) is -1.07. The van der Waals surface area contributed by atoms with E-state index in [-0.39, 0.29) is 48.8 Å². The first kappa shape index (κ1) is 29.2. The molecule has 4 saturated carbocycles. The van der Waals surface area contributed by atoms with Gasteiger partial charge in [0.15, 0.2) is 0 Å². The van der Waals surface area contributed by atoms with Crippen LogP contribution >= 0.6 is 0 Å². The Hall–Kier alpha value is -4.29. The summed E-state index contributed by atoms with van der Waals surface area (Å²) < 4.78 is 2.70. The van der Waals surface area contributed by atoms with E-state index in [1.54, 1.807) is 20.0 Å². The van der Waals surface area contributed by atoms with Crippen molar-refractivity contribution in [2.24, 2.45) is 24.8 Å². The Labute approximate surface area is 242 Å². The minimum absolute atomic E-state index is 0.0804. The number of imidazole rings is 1. The molecule has 4 fully saturated rings. The molecule has 4 aliphatic rings. The van der Waals surface area contributed by atoms with Crippen LogP contribution in [0.15, 0.2) is 35.6 Å². The predicted molar refractivity (Wildman–Crippen MR) is 151 cm³/mol. The van der Waals surface area contributed by atoms with Gasteiger partial charge in [0.25, 0.3) is 17.4 Å². The number of ketones is 1. The van der Waals surface area contributed by atoms with Gasteiger partial charge in [-0.3, -0.25) is 28.8 Å². The highest BCUT2D eigenvalue weighted by molar-refractivity contribution is 6.36. The first-order chi connectivity index (χ1) is 20.1. The van der Waals surface area contributed by atoms with Crippen molar-refractivity contribution in [3.05, 3.63) is 46.9 Å². The third-order valence-corrected chi connectivity index (χ3v) is 8.84. The summed E-state index contributed by atoms with van der Waals surface area (Å²) in [5, 5.41) is 10.7. The molecule has 4 amide bonds. The number of Topliss-reactive ketones (excluding diaryl/α,β-unsaturated/α-hetero) is 1. The quantitative estimate of drug-likeness (QED) is 0.265. The maximum atomic E-state index is 13.3. The lowest BCUT2D eigenvalue weighted by molar-refractivity contribution is -0.138. The number of nitrogens with one attached hydrogen (secondary N) is 4. The summed E-state index contributed by atoms with van der Waals surface area (Å²) in [6, 6.07) is 1.71. The van der Waals surface area contributed by atoms with Gasteiger partial charge in [-0.25, -0.2) is 4.98 Å². The van der Waals surface area contributed by atoms with Gasteiger partial charge in [-0.05, 0) is 75.3 Å². The van der Waals surface area contributed by atoms with Gasteiger partial charge in [0.1, 0.15) is 24.0 Å². The second-order valence-corrected chi connectivity index (χ2v) is 11.9. The first-order valence-electron chi connectivity index (χ1n) is 14.5. The molecule has 0 aliphatic heterocycles. The van der Waals surface area contributed by atoms with Crippen LogP contribution in [0.3, 0.4) is 0 Å². The van der Waals surface area contributed by atoms with E-state index >= 15 is 0 Å². The first-order valence-corrected chi connectivity index (χ1v) is 14.5. The highest BCUT2D eigenvalue weighted by Gasteiger charge is 2.56. The molecule has 6 rings (SSSR count). The Morgan fingerprint density at radius 2 is 1.86 bits per heavy atom. The summed E-state index contributed by atoms with van der Waals surface area (Å²) in [7, 11) is 1.61. The van der Waals surface area contributed by atoms with Crippen molar-refractivity contribution in [3.8, 4) is 0 Å². The number of aromatic nitrogens is 3. The molecular weight excluding hydrogens is 542 g/mol. The fourth-order valence-electron chi connectivity index (χ4n) is 7.15. The Bertz CT molecular complexity index is 1440. The maximum Gasteiger partial charge on any atom is 0.287 e. The Kier molecular flexibility index (Phi) is 8.28. The van der Waals surface area contributed by atoms with Crippen molar-refractivity contribution in [1.82, 2.24) is 30.1 Å². The fraction of sp³-hybridized carbons (Fsp3) is 0.552. The summed E-state index contributed by atoms with van der Waals surface area (Å²) in [6.07, 6.45) is 9.25. The van der Waals surface area contributed by atoms with E-state index < -0.39 is 35.1 Å². The highest BCUT2D eigenvalue weighted by atomic mass is 16.2. The van der Waals surface area contributed by atoms with Crippen LogP contribution in [0.1, 0.15) is 62.4 Å². The molecule has 0 aromatic carbocycles. The molecule has 0 radical (unpaired) electrons. The van der Waals surface area contributed by atoms with Gasteiger partial charge in [-0.15, -0.1) is 0 Å². The van der Waals surface area contributed by atoms with Crippen LogP contribution in [-0.4, -0.2) is 61.7 Å². The smallest absolute Gasteiger partial charge is 0.287 e. The molecule has 2 heterocycles. The molecule has 4 N–H and O–H groups in total. The highest BCUT2D eigenvalue weighted by Crippen LogP contribution is 2.59. The van der Waals surface area contributed by atoms with Gasteiger partial charge >= 0.3 is 0 Å². The molecule has 13 nitrogen and oxygen atoms in total. The molecular formula is C29H37N7O6. The SMILES string of the molecule is CCNC(=O)C(=O)CC[C@H](NC(=O)c1cncn1C)C(=O)Nc1cccn(CC(=O)NC23CC4CC(C2)C(C4)C3)c1=O. The molecule has 2 unspecified atom stereocenters. The Balaban J connectivity index is 1.25. The van der Waals surface area contributed by atoms with Gasteiger partial charge in [-0.2, -0.15) is 0 Å². The molecule has 13 heteroatoms. The van der Waals surface area contributed by atoms with Gasteiger partial charge in [-0.1, -0.05) is 0 Å². The third kappa shape index (κ3) is 6.14. The lowest BCUT2D eigenvalue weighted by Crippen LogP contribution is -2.51. The molecule has 42 heavy (non-hydrogen) atoms. The van der Waals surface area contributed by atoms with Gasteiger partial charge < -0.3 is 30.4 Å². The molecule has 4 bridgehead atoms. The zero-order valence-electron chi connectivity index (χ0n) is 23.9. The fourth-order valence-corrected chi connectivity index (χ4v) is 7.15. The van der Waals surface area contributed by atoms with E-state index in [0.29, 0.717) is 17.8 Å². The number of hydrogen-bond donors (Lipinski definition) is 4. The monoisotopic (exact) mass is 579 g/mol. The number of nitrogens with zero attached hydrogens (tertiary/aromatic N) is 3. The van der Waals surface area contributed by atoms with E-state index in [4.69, 9.17) is 0 Å². The Morgan fingerprint density at radius 1 is 1.12 bits per heavy atom. The van der Waals surface area contributed by atoms with Crippen molar-refractivity contribution < 1.29 is 24.0 Å². The van der Waals surface area contributed by atoms with E-state index in [1.807, 2.05) is 0 Å². The summed E-state index contributed by atoms with van der Waals surface area (Å²) in [5.41, 5.74) is -0.653. The number of anilines is 1. The maximum absolute atomic E-state index is 13.3. The zero-order chi connectivity index (χ0) is 30.0. The topological polar surface area (TPSA) is 173 Å². The molecule has 2 aromatic rings. The third-order valence-electron chi connectivity index (χ3n) is 8.84. The Morgan fingerprint density at radius 3 is 2.50 bits per heavy atom. The van der Waals surface area contributed by atoms with E-state index in [2.05, 4.69) is 26.3 Å². The van der Waals surface area contributed by atoms with Crippen molar-refractivity contribution in [3.63, 3.8) is 0 Å². The second-order valence-electron chi connectivity index (χ2n) is 11.9. The van der Waals surface area contributed by atoms with Crippen LogP contribution in [0, 0.1) is 17.8 Å². The van der Waals surface area contributed by atoms with Crippen LogP contribution in [0.2, 0.25) is 0 Å². The van der Waals surface area contributed by atoms with Gasteiger partial charge in [0, 0.05) is 31.7 Å². The molecule has 224 valence electrons. The number of likely N-dealkylation sites (N-methyl/N-ethyl adjacent to an activating group) is 1. The molecule has 3 atom stereocenters. The summed E-state index contributed by atoms with van der Waals surface area (Å²) in [4.78, 5) is 80.4. The van der Waals surface area contributed by atoms with Crippen molar-refractivity contribution in [1.29, 1.82) is 0 Å². The predicted octanol–water partition coefficient (Wildman–Crippen LogP) is 0.499. The van der Waals surface area contributed by atoms with Crippen LogP contribution in [-0.2, 0) is 32.8 Å². The normalized spacial score (nSPS) is 24.2. The number of rotatable bonds is 12. The van der Waals surface area contributed by atoms with E-state index in [0.717, 1.165) is 19.3 Å². The van der Waals surface area contributed by atoms with Crippen molar-refractivity contribution >= 4 is 35.1 Å². The number of carbonyl (C=O) groups excluding carboxylic acids is 5. The number of aryl methyl sites for hydroxylation is 1. The van der Waals surface area contributed by atoms with Crippen LogP contribution in [0.4, 0.5) is 5.69 Å². The minimum Gasteiger partial charge on any atom is -0.350 e. The van der Waals surface area contributed by atoms with Crippen molar-refractivity contribution in [2.75, 3.05) is 11.9 Å². The largest absolute Gasteiger partial charge is 0.350 e. The summed E-state index contributed by atoms with van der Waals surface area (Å²) >= 11 is 0. The molecule has 4 aliphatic carbocycles. The van der Waals surface area contributed by atoms with Crippen LogP contribution in [0.25, 0.3) is 0 Å². The number of hydrogen-bond acceptors (Lipinski definition) is 7. The molecule has 0 spiro atoms. The van der Waals surface area contributed by atoms with Gasteiger partial charge in [0.2, 0.25) is 17.6 Å². The number of pyridine rings is 1. The van der Waals surface area contributed by atoms with Crippen molar-refractivity contribution in [2.45, 2.75) is 70.0 Å². The van der Waals surface area contributed by atoms with Crippen LogP contribution < -0.4 is 26.8 Å². The van der Waals surface area contributed by atoms with Gasteiger partial charge in [0.05, 0.1) is 12.5 Å². The number of amides is 4. The standard InChI is InChI=1S/C29H37N7O6/c1-3-31-27(41)23(37)7-6-20(32-26(40)22-14-30-16-35(22)2)25(39)33-21-5-4-8-36(28(21)42)15-24(38)34-29-11-17-9-18(12-29)19(10-17)13-29/h4-5,8,14,16-20H,3,6-7,9-13,15H2,1-2H3,(H,31,41)(H,32,40)(H,33,39)(H,34,38)/t17?,18?,19?,20-,29?/m0/s1. The van der Waals surface area contributed by atoms with E-state index in [1.165, 1.54) is 46.8 Å². The summed E-state index contributed by atoms with van der Waals surface area (Å²) in [6.45, 7) is 1.76. The lowest BCUT2D eigenvalue weighted by Gasteiger charge is -2.39. The number of carbonyl (C=O) groups is 5. The van der Waals surface area contributed by atoms with Crippen LogP contribution in [0.5, 0.6) is 0 Å². The minimum atomic E-state index is -1.24. The molecule has 0 saturated heterocycles. The molecule has 2 aromatic heterocycles. The average molecular weight is 580 g/mol.